The van der Waals surface area contributed by atoms with E-state index in [9.17, 15) is 4.79 Å². The summed E-state index contributed by atoms with van der Waals surface area (Å²) in [6, 6.07) is 10.8. The molecule has 102 valence electrons. The van der Waals surface area contributed by atoms with Gasteiger partial charge in [-0.3, -0.25) is 4.79 Å². The van der Waals surface area contributed by atoms with Crippen LogP contribution in [0.15, 0.2) is 40.9 Å². The number of carbonyl (C=O) groups excluding carboxylic acids is 1. The van der Waals surface area contributed by atoms with Crippen LogP contribution in [-0.2, 0) is 6.42 Å². The third-order valence-electron chi connectivity index (χ3n) is 3.13. The van der Waals surface area contributed by atoms with Crippen molar-refractivity contribution in [3.05, 3.63) is 57.0 Å². The van der Waals surface area contributed by atoms with E-state index < -0.39 is 0 Å². The number of amides is 1. The highest BCUT2D eigenvalue weighted by Gasteiger charge is 2.14. The Morgan fingerprint density at radius 1 is 1.25 bits per heavy atom. The lowest BCUT2D eigenvalue weighted by Crippen LogP contribution is -2.11. The Bertz CT molecular complexity index is 688. The molecule has 0 unspecified atom stereocenters. The standard InChI is InChI=1S/C15H11BrClNO2/c16-12-3-1-10(8-13(12)17)15(19)18-11-2-4-14-9(7-11)5-6-20-14/h1-4,7-8H,5-6H2,(H,18,19). The van der Waals surface area contributed by atoms with Crippen LogP contribution < -0.4 is 10.1 Å². The lowest BCUT2D eigenvalue weighted by atomic mass is 10.1. The molecule has 1 amide bonds. The van der Waals surface area contributed by atoms with Gasteiger partial charge in [-0.05, 0) is 57.9 Å². The predicted octanol–water partition coefficient (Wildman–Crippen LogP) is 4.29. The smallest absolute Gasteiger partial charge is 0.255 e. The van der Waals surface area contributed by atoms with Crippen molar-refractivity contribution in [2.45, 2.75) is 6.42 Å². The number of rotatable bonds is 2. The summed E-state index contributed by atoms with van der Waals surface area (Å²) in [6.45, 7) is 0.703. The number of ether oxygens (including phenoxy) is 1. The Balaban J connectivity index is 1.80. The lowest BCUT2D eigenvalue weighted by molar-refractivity contribution is 0.102. The van der Waals surface area contributed by atoms with E-state index in [2.05, 4.69) is 21.2 Å². The second-order valence-electron chi connectivity index (χ2n) is 4.50. The first kappa shape index (κ1) is 13.5. The van der Waals surface area contributed by atoms with Crippen LogP contribution in [0.1, 0.15) is 15.9 Å². The summed E-state index contributed by atoms with van der Waals surface area (Å²) < 4.78 is 6.21. The van der Waals surface area contributed by atoms with E-state index in [4.69, 9.17) is 16.3 Å². The van der Waals surface area contributed by atoms with Crippen molar-refractivity contribution in [3.8, 4) is 5.75 Å². The van der Waals surface area contributed by atoms with Crippen LogP contribution in [0.2, 0.25) is 5.02 Å². The molecular weight excluding hydrogens is 342 g/mol. The first-order chi connectivity index (χ1) is 9.63. The maximum Gasteiger partial charge on any atom is 0.255 e. The average molecular weight is 353 g/mol. The van der Waals surface area contributed by atoms with Gasteiger partial charge in [0.15, 0.2) is 0 Å². The van der Waals surface area contributed by atoms with E-state index in [1.54, 1.807) is 18.2 Å². The molecule has 0 fully saturated rings. The van der Waals surface area contributed by atoms with Crippen molar-refractivity contribution in [2.75, 3.05) is 11.9 Å². The first-order valence-corrected chi connectivity index (χ1v) is 7.33. The van der Waals surface area contributed by atoms with Crippen molar-refractivity contribution in [2.24, 2.45) is 0 Å². The fraction of sp³-hybridized carbons (Fsp3) is 0.133. The van der Waals surface area contributed by atoms with Gasteiger partial charge in [0.2, 0.25) is 0 Å². The normalized spacial score (nSPS) is 12.7. The number of hydrogen-bond donors (Lipinski definition) is 1. The van der Waals surface area contributed by atoms with Gasteiger partial charge in [-0.1, -0.05) is 11.6 Å². The highest BCUT2D eigenvalue weighted by atomic mass is 79.9. The molecule has 2 aromatic carbocycles. The number of anilines is 1. The highest BCUT2D eigenvalue weighted by Crippen LogP contribution is 2.28. The quantitative estimate of drug-likeness (QED) is 0.875. The summed E-state index contributed by atoms with van der Waals surface area (Å²) >= 11 is 9.30. The first-order valence-electron chi connectivity index (χ1n) is 6.15. The third-order valence-corrected chi connectivity index (χ3v) is 4.36. The molecule has 0 atom stereocenters. The molecule has 1 N–H and O–H groups in total. The Morgan fingerprint density at radius 2 is 2.10 bits per heavy atom. The van der Waals surface area contributed by atoms with E-state index in [1.165, 1.54) is 0 Å². The fourth-order valence-electron chi connectivity index (χ4n) is 2.10. The second-order valence-corrected chi connectivity index (χ2v) is 5.77. The van der Waals surface area contributed by atoms with Crippen molar-refractivity contribution in [1.82, 2.24) is 0 Å². The Morgan fingerprint density at radius 3 is 2.90 bits per heavy atom. The van der Waals surface area contributed by atoms with Gasteiger partial charge >= 0.3 is 0 Å². The number of hydrogen-bond acceptors (Lipinski definition) is 2. The van der Waals surface area contributed by atoms with Crippen molar-refractivity contribution in [3.63, 3.8) is 0 Å². The summed E-state index contributed by atoms with van der Waals surface area (Å²) in [6.07, 6.45) is 0.878. The Kier molecular flexibility index (Phi) is 3.68. The minimum absolute atomic E-state index is 0.182. The zero-order chi connectivity index (χ0) is 14.1. The van der Waals surface area contributed by atoms with Gasteiger partial charge in [0.25, 0.3) is 5.91 Å². The maximum atomic E-state index is 12.2. The molecule has 2 aromatic rings. The van der Waals surface area contributed by atoms with Gasteiger partial charge in [-0.2, -0.15) is 0 Å². The number of halogens is 2. The second kappa shape index (κ2) is 5.46. The van der Waals surface area contributed by atoms with Crippen LogP contribution in [0, 0.1) is 0 Å². The zero-order valence-corrected chi connectivity index (χ0v) is 12.8. The summed E-state index contributed by atoms with van der Waals surface area (Å²) in [5.41, 5.74) is 2.41. The lowest BCUT2D eigenvalue weighted by Gasteiger charge is -2.07. The molecule has 3 rings (SSSR count). The van der Waals surface area contributed by atoms with Crippen LogP contribution in [0.25, 0.3) is 0 Å². The van der Waals surface area contributed by atoms with E-state index in [0.29, 0.717) is 17.2 Å². The van der Waals surface area contributed by atoms with Gasteiger partial charge in [0.05, 0.1) is 11.6 Å². The van der Waals surface area contributed by atoms with Gasteiger partial charge in [-0.15, -0.1) is 0 Å². The molecule has 1 aliphatic rings. The van der Waals surface area contributed by atoms with E-state index in [1.807, 2.05) is 18.2 Å². The molecule has 0 radical (unpaired) electrons. The molecule has 20 heavy (non-hydrogen) atoms. The van der Waals surface area contributed by atoms with Gasteiger partial charge < -0.3 is 10.1 Å². The van der Waals surface area contributed by atoms with Crippen molar-refractivity contribution in [1.29, 1.82) is 0 Å². The predicted molar refractivity (Wildman–Crippen MR) is 82.7 cm³/mol. The van der Waals surface area contributed by atoms with E-state index in [0.717, 1.165) is 27.9 Å². The zero-order valence-electron chi connectivity index (χ0n) is 10.5. The summed E-state index contributed by atoms with van der Waals surface area (Å²) in [4.78, 5) is 12.2. The number of benzene rings is 2. The minimum Gasteiger partial charge on any atom is -0.493 e. The van der Waals surface area contributed by atoms with Crippen LogP contribution in [0.5, 0.6) is 5.75 Å². The van der Waals surface area contributed by atoms with E-state index in [-0.39, 0.29) is 5.91 Å². The molecule has 1 aliphatic heterocycles. The van der Waals surface area contributed by atoms with Gasteiger partial charge in [0, 0.05) is 22.1 Å². The SMILES string of the molecule is O=C(Nc1ccc2c(c1)CCO2)c1ccc(Br)c(Cl)c1. The molecule has 3 nitrogen and oxygen atoms in total. The summed E-state index contributed by atoms with van der Waals surface area (Å²) in [5.74, 6) is 0.716. The van der Waals surface area contributed by atoms with Crippen LogP contribution in [0.4, 0.5) is 5.69 Å². The third kappa shape index (κ3) is 2.67. The summed E-state index contributed by atoms with van der Waals surface area (Å²) in [7, 11) is 0. The van der Waals surface area contributed by atoms with Crippen LogP contribution in [0.3, 0.4) is 0 Å². The molecule has 0 bridgehead atoms. The average Bonchev–Trinajstić information content (AvgIpc) is 2.89. The van der Waals surface area contributed by atoms with Crippen LogP contribution >= 0.6 is 27.5 Å². The molecule has 0 aliphatic carbocycles. The summed E-state index contributed by atoms with van der Waals surface area (Å²) in [5, 5.41) is 3.38. The van der Waals surface area contributed by atoms with Gasteiger partial charge in [-0.25, -0.2) is 0 Å². The molecular formula is C15H11BrClNO2. The van der Waals surface area contributed by atoms with Gasteiger partial charge in [0.1, 0.15) is 5.75 Å². The number of fused-ring (bicyclic) bond motifs is 1. The largest absolute Gasteiger partial charge is 0.493 e. The Hall–Kier alpha value is -1.52. The van der Waals surface area contributed by atoms with Crippen molar-refractivity contribution >= 4 is 39.1 Å². The topological polar surface area (TPSA) is 38.3 Å². The molecule has 0 saturated carbocycles. The molecule has 1 heterocycles. The number of nitrogens with one attached hydrogen (secondary N) is 1. The highest BCUT2D eigenvalue weighted by molar-refractivity contribution is 9.10. The molecule has 0 aromatic heterocycles. The number of carbonyl (C=O) groups is 1. The minimum atomic E-state index is -0.182. The molecule has 5 heteroatoms. The molecule has 0 spiro atoms. The maximum absolute atomic E-state index is 12.2. The van der Waals surface area contributed by atoms with Crippen LogP contribution in [-0.4, -0.2) is 12.5 Å². The fourth-order valence-corrected chi connectivity index (χ4v) is 2.53. The monoisotopic (exact) mass is 351 g/mol. The Labute approximate surface area is 130 Å². The van der Waals surface area contributed by atoms with E-state index >= 15 is 0 Å². The van der Waals surface area contributed by atoms with Crippen molar-refractivity contribution < 1.29 is 9.53 Å². The molecule has 0 saturated heterocycles.